The zero-order valence-electron chi connectivity index (χ0n) is 18.1. The lowest BCUT2D eigenvalue weighted by Crippen LogP contribution is -2.24. The van der Waals surface area contributed by atoms with Crippen LogP contribution in [-0.2, 0) is 11.3 Å². The molecule has 3 aromatic rings. The first-order chi connectivity index (χ1) is 15.8. The number of carbonyl (C=O) groups is 2. The average Bonchev–Trinajstić information content (AvgIpc) is 3.07. The van der Waals surface area contributed by atoms with Gasteiger partial charge in [-0.25, -0.2) is 10.2 Å². The number of benzene rings is 2. The largest absolute Gasteiger partial charge is 0.496 e. The number of hydrazone groups is 1. The highest BCUT2D eigenvalue weighted by molar-refractivity contribution is 5.94. The number of aromatic nitrogens is 2. The van der Waals surface area contributed by atoms with E-state index >= 15 is 0 Å². The summed E-state index contributed by atoms with van der Waals surface area (Å²) in [6.45, 7) is 2.82. The van der Waals surface area contributed by atoms with Crippen molar-refractivity contribution in [2.24, 2.45) is 5.10 Å². The number of para-hydroxylation sites is 1. The number of esters is 1. The van der Waals surface area contributed by atoms with Crippen molar-refractivity contribution in [3.05, 3.63) is 81.2 Å². The number of hydrogen-bond donors (Lipinski definition) is 1. The molecule has 0 aliphatic heterocycles. The summed E-state index contributed by atoms with van der Waals surface area (Å²) in [4.78, 5) is 34.9. The Balaban J connectivity index is 1.56. The van der Waals surface area contributed by atoms with E-state index in [0.29, 0.717) is 22.6 Å². The normalized spacial score (nSPS) is 10.8. The van der Waals surface area contributed by atoms with Crippen molar-refractivity contribution in [1.82, 2.24) is 15.2 Å². The molecule has 11 nitrogen and oxygen atoms in total. The van der Waals surface area contributed by atoms with Crippen molar-refractivity contribution in [2.45, 2.75) is 20.4 Å². The van der Waals surface area contributed by atoms with E-state index in [0.717, 1.165) is 0 Å². The summed E-state index contributed by atoms with van der Waals surface area (Å²) in [6, 6.07) is 13.2. The van der Waals surface area contributed by atoms with Gasteiger partial charge in [0.15, 0.2) is 0 Å². The molecule has 170 valence electrons. The minimum absolute atomic E-state index is 0.113. The molecular formula is C22H21N5O6. The third-order valence-electron chi connectivity index (χ3n) is 4.64. The monoisotopic (exact) mass is 451 g/mol. The number of nitro groups is 1. The number of methoxy groups -OCH3 is 1. The van der Waals surface area contributed by atoms with Gasteiger partial charge in [-0.05, 0) is 55.8 Å². The van der Waals surface area contributed by atoms with Gasteiger partial charge in [-0.3, -0.25) is 19.6 Å². The fraction of sp³-hybridized carbons (Fsp3) is 0.182. The first-order valence-electron chi connectivity index (χ1n) is 9.75. The Bertz CT molecular complexity index is 1220. The summed E-state index contributed by atoms with van der Waals surface area (Å²) >= 11 is 0. The lowest BCUT2D eigenvalue weighted by atomic mass is 10.2. The molecule has 0 saturated heterocycles. The van der Waals surface area contributed by atoms with Crippen LogP contribution >= 0.6 is 0 Å². The second kappa shape index (κ2) is 10.2. The van der Waals surface area contributed by atoms with Gasteiger partial charge in [-0.1, -0.05) is 12.1 Å². The summed E-state index contributed by atoms with van der Waals surface area (Å²) in [6.07, 6.45) is 1.41. The molecule has 0 spiro atoms. The molecule has 0 aliphatic carbocycles. The van der Waals surface area contributed by atoms with Crippen LogP contribution in [-0.4, -0.2) is 39.9 Å². The van der Waals surface area contributed by atoms with E-state index in [1.54, 1.807) is 48.5 Å². The molecule has 0 saturated carbocycles. The maximum absolute atomic E-state index is 12.3. The van der Waals surface area contributed by atoms with Gasteiger partial charge < -0.3 is 9.47 Å². The van der Waals surface area contributed by atoms with E-state index in [9.17, 15) is 19.7 Å². The van der Waals surface area contributed by atoms with Crippen molar-refractivity contribution in [1.29, 1.82) is 0 Å². The van der Waals surface area contributed by atoms with Crippen LogP contribution in [0.25, 0.3) is 0 Å². The molecule has 0 atom stereocenters. The summed E-state index contributed by atoms with van der Waals surface area (Å²) in [5.41, 5.74) is 3.71. The van der Waals surface area contributed by atoms with E-state index in [1.165, 1.54) is 31.9 Å². The molecule has 1 N–H and O–H groups in total. The number of hydrogen-bond acceptors (Lipinski definition) is 8. The zero-order valence-corrected chi connectivity index (χ0v) is 18.1. The minimum Gasteiger partial charge on any atom is -0.496 e. The van der Waals surface area contributed by atoms with Gasteiger partial charge in [0.25, 0.3) is 5.91 Å². The Kier molecular flexibility index (Phi) is 7.13. The summed E-state index contributed by atoms with van der Waals surface area (Å²) < 4.78 is 11.8. The third kappa shape index (κ3) is 5.58. The average molecular weight is 451 g/mol. The van der Waals surface area contributed by atoms with Crippen LogP contribution in [0.4, 0.5) is 5.69 Å². The summed E-state index contributed by atoms with van der Waals surface area (Å²) in [7, 11) is 1.47. The number of rotatable bonds is 8. The fourth-order valence-electron chi connectivity index (χ4n) is 3.05. The van der Waals surface area contributed by atoms with Crippen LogP contribution in [0.2, 0.25) is 0 Å². The quantitative estimate of drug-likeness (QED) is 0.183. The Labute approximate surface area is 188 Å². The number of carbonyl (C=O) groups excluding carboxylic acids is 2. The van der Waals surface area contributed by atoms with Gasteiger partial charge in [0.05, 0.1) is 18.2 Å². The molecular weight excluding hydrogens is 430 g/mol. The molecule has 33 heavy (non-hydrogen) atoms. The molecule has 3 rings (SSSR count). The van der Waals surface area contributed by atoms with Crippen LogP contribution in [0, 0.1) is 24.0 Å². The molecule has 0 aliphatic rings. The predicted molar refractivity (Wildman–Crippen MR) is 118 cm³/mol. The maximum Gasteiger partial charge on any atom is 0.347 e. The molecule has 0 unspecified atom stereocenters. The SMILES string of the molecule is COc1ccccc1C(=O)Oc1ccc(/C=N/NC(=O)Cn2nc(C)c([N+](=O)[O-])c2C)cc1. The fourth-order valence-corrected chi connectivity index (χ4v) is 3.05. The standard InChI is InChI=1S/C22H21N5O6/c1-14-21(27(30)31)15(2)26(25-14)13-20(28)24-23-12-16-8-10-17(11-9-16)33-22(29)18-6-4-5-7-19(18)32-3/h4-12H,13H2,1-3H3,(H,24,28)/b23-12+. The Hall–Kier alpha value is -4.54. The van der Waals surface area contributed by atoms with Crippen molar-refractivity contribution in [3.63, 3.8) is 0 Å². The van der Waals surface area contributed by atoms with E-state index < -0.39 is 16.8 Å². The molecule has 1 amide bonds. The highest BCUT2D eigenvalue weighted by Gasteiger charge is 2.22. The van der Waals surface area contributed by atoms with Gasteiger partial charge in [-0.2, -0.15) is 10.2 Å². The molecule has 11 heteroatoms. The number of nitrogens with zero attached hydrogens (tertiary/aromatic N) is 4. The Morgan fingerprint density at radius 2 is 1.88 bits per heavy atom. The Morgan fingerprint density at radius 1 is 1.18 bits per heavy atom. The van der Waals surface area contributed by atoms with Gasteiger partial charge in [-0.15, -0.1) is 0 Å². The van der Waals surface area contributed by atoms with Crippen molar-refractivity contribution in [3.8, 4) is 11.5 Å². The minimum atomic E-state index is -0.550. The van der Waals surface area contributed by atoms with Crippen molar-refractivity contribution < 1.29 is 24.0 Å². The predicted octanol–water partition coefficient (Wildman–Crippen LogP) is 2.79. The van der Waals surface area contributed by atoms with E-state index in [2.05, 4.69) is 15.6 Å². The van der Waals surface area contributed by atoms with Crippen LogP contribution in [0.1, 0.15) is 27.3 Å². The van der Waals surface area contributed by atoms with Gasteiger partial charge >= 0.3 is 11.7 Å². The molecule has 0 fully saturated rings. The molecule has 0 bridgehead atoms. The lowest BCUT2D eigenvalue weighted by Gasteiger charge is -2.08. The first kappa shape index (κ1) is 23.1. The second-order valence-corrected chi connectivity index (χ2v) is 6.89. The Morgan fingerprint density at radius 3 is 2.52 bits per heavy atom. The number of amides is 1. The van der Waals surface area contributed by atoms with Crippen LogP contribution < -0.4 is 14.9 Å². The molecule has 1 heterocycles. The summed E-state index contributed by atoms with van der Waals surface area (Å²) in [5.74, 6) is -0.296. The zero-order chi connectivity index (χ0) is 24.0. The number of nitrogens with one attached hydrogen (secondary N) is 1. The van der Waals surface area contributed by atoms with Gasteiger partial charge in [0, 0.05) is 0 Å². The van der Waals surface area contributed by atoms with Crippen LogP contribution in [0.3, 0.4) is 0 Å². The third-order valence-corrected chi connectivity index (χ3v) is 4.64. The van der Waals surface area contributed by atoms with Gasteiger partial charge in [0.1, 0.15) is 35.0 Å². The maximum atomic E-state index is 12.3. The van der Waals surface area contributed by atoms with E-state index in [4.69, 9.17) is 9.47 Å². The smallest absolute Gasteiger partial charge is 0.347 e. The topological polar surface area (TPSA) is 138 Å². The highest BCUT2D eigenvalue weighted by atomic mass is 16.6. The molecule has 1 aromatic heterocycles. The summed E-state index contributed by atoms with van der Waals surface area (Å²) in [5, 5.41) is 18.9. The second-order valence-electron chi connectivity index (χ2n) is 6.89. The van der Waals surface area contributed by atoms with Crippen LogP contribution in [0.15, 0.2) is 53.6 Å². The lowest BCUT2D eigenvalue weighted by molar-refractivity contribution is -0.386. The van der Waals surface area contributed by atoms with Crippen LogP contribution in [0.5, 0.6) is 11.5 Å². The number of ether oxygens (including phenoxy) is 2. The first-order valence-corrected chi connectivity index (χ1v) is 9.75. The molecule has 2 aromatic carbocycles. The molecule has 0 radical (unpaired) electrons. The van der Waals surface area contributed by atoms with Crippen molar-refractivity contribution >= 4 is 23.8 Å². The van der Waals surface area contributed by atoms with Gasteiger partial charge in [0.2, 0.25) is 0 Å². The van der Waals surface area contributed by atoms with E-state index in [1.807, 2.05) is 0 Å². The van der Waals surface area contributed by atoms with E-state index in [-0.39, 0.29) is 23.6 Å². The number of aryl methyl sites for hydroxylation is 1. The highest BCUT2D eigenvalue weighted by Crippen LogP contribution is 2.22. The van der Waals surface area contributed by atoms with Crippen molar-refractivity contribution in [2.75, 3.05) is 7.11 Å².